The minimum Gasteiger partial charge on any atom is -0.480 e. The second-order valence-corrected chi connectivity index (χ2v) is 3.35. The molecule has 12 heavy (non-hydrogen) atoms. The van der Waals surface area contributed by atoms with Gasteiger partial charge in [-0.25, -0.2) is 4.98 Å². The Kier molecular flexibility index (Phi) is 3.27. The molecule has 2 N–H and O–H groups in total. The Morgan fingerprint density at radius 2 is 2.50 bits per heavy atom. The number of pyridine rings is 1. The van der Waals surface area contributed by atoms with Crippen molar-refractivity contribution >= 4 is 34.4 Å². The van der Waals surface area contributed by atoms with E-state index in [0.29, 0.717) is 5.82 Å². The maximum absolute atomic E-state index is 10.2. The van der Waals surface area contributed by atoms with E-state index in [1.807, 2.05) is 6.07 Å². The van der Waals surface area contributed by atoms with E-state index in [9.17, 15) is 4.79 Å². The molecule has 1 aromatic rings. The van der Waals surface area contributed by atoms with Crippen LogP contribution in [0.2, 0.25) is 0 Å². The van der Waals surface area contributed by atoms with Crippen molar-refractivity contribution in [2.45, 2.75) is 0 Å². The molecular formula is C7H7IN2O2. The summed E-state index contributed by atoms with van der Waals surface area (Å²) in [7, 11) is 0. The highest BCUT2D eigenvalue weighted by molar-refractivity contribution is 14.1. The molecule has 0 saturated heterocycles. The highest BCUT2D eigenvalue weighted by Gasteiger charge is 1.97. The van der Waals surface area contributed by atoms with Crippen molar-refractivity contribution < 1.29 is 9.90 Å². The molecule has 0 saturated carbocycles. The first-order valence-electron chi connectivity index (χ1n) is 3.25. The number of rotatable bonds is 3. The number of aliphatic carboxylic acids is 1. The molecule has 0 unspecified atom stereocenters. The number of hydrogen-bond acceptors (Lipinski definition) is 3. The molecule has 0 aliphatic heterocycles. The molecule has 0 aliphatic rings. The summed E-state index contributed by atoms with van der Waals surface area (Å²) in [5.74, 6) is -0.306. The first-order chi connectivity index (χ1) is 5.68. The fourth-order valence-corrected chi connectivity index (χ4v) is 1.12. The highest BCUT2D eigenvalue weighted by Crippen LogP contribution is 2.07. The lowest BCUT2D eigenvalue weighted by Crippen LogP contribution is -2.13. The van der Waals surface area contributed by atoms with Crippen LogP contribution in [0.3, 0.4) is 0 Å². The number of hydrogen-bond donors (Lipinski definition) is 2. The Bertz CT molecular complexity index is 290. The van der Waals surface area contributed by atoms with Gasteiger partial charge in [-0.3, -0.25) is 4.79 Å². The Balaban J connectivity index is 2.57. The largest absolute Gasteiger partial charge is 0.480 e. The molecule has 0 bridgehead atoms. The van der Waals surface area contributed by atoms with Gasteiger partial charge in [-0.05, 0) is 34.7 Å². The first-order valence-corrected chi connectivity index (χ1v) is 4.33. The number of carbonyl (C=O) groups is 1. The van der Waals surface area contributed by atoms with E-state index in [2.05, 4.69) is 32.9 Å². The Hall–Kier alpha value is -0.850. The molecule has 0 aliphatic carbocycles. The first kappa shape index (κ1) is 9.24. The van der Waals surface area contributed by atoms with Gasteiger partial charge in [0, 0.05) is 9.77 Å². The van der Waals surface area contributed by atoms with Gasteiger partial charge in [0.1, 0.15) is 12.4 Å². The van der Waals surface area contributed by atoms with Crippen molar-refractivity contribution in [3.63, 3.8) is 0 Å². The number of carboxylic acid groups (broad SMARTS) is 1. The Labute approximate surface area is 83.1 Å². The molecular weight excluding hydrogens is 271 g/mol. The minimum absolute atomic E-state index is 0.104. The van der Waals surface area contributed by atoms with E-state index in [1.165, 1.54) is 0 Å². The fraction of sp³-hybridized carbons (Fsp3) is 0.143. The number of halogens is 1. The van der Waals surface area contributed by atoms with Crippen molar-refractivity contribution in [1.29, 1.82) is 0 Å². The van der Waals surface area contributed by atoms with Gasteiger partial charge in [-0.1, -0.05) is 0 Å². The number of aromatic nitrogens is 1. The van der Waals surface area contributed by atoms with E-state index >= 15 is 0 Å². The van der Waals surface area contributed by atoms with Crippen LogP contribution in [-0.4, -0.2) is 22.6 Å². The van der Waals surface area contributed by atoms with Crippen LogP contribution in [0, 0.1) is 3.57 Å². The number of carboxylic acids is 1. The maximum Gasteiger partial charge on any atom is 0.322 e. The second-order valence-electron chi connectivity index (χ2n) is 2.11. The molecule has 5 heteroatoms. The zero-order valence-electron chi connectivity index (χ0n) is 6.12. The van der Waals surface area contributed by atoms with Crippen LogP contribution in [0.4, 0.5) is 5.82 Å². The normalized spacial score (nSPS) is 9.42. The topological polar surface area (TPSA) is 62.2 Å². The van der Waals surface area contributed by atoms with E-state index in [-0.39, 0.29) is 6.54 Å². The summed E-state index contributed by atoms with van der Waals surface area (Å²) >= 11 is 2.14. The quantitative estimate of drug-likeness (QED) is 0.815. The molecule has 1 rings (SSSR count). The van der Waals surface area contributed by atoms with Gasteiger partial charge >= 0.3 is 5.97 Å². The van der Waals surface area contributed by atoms with Gasteiger partial charge in [0.05, 0.1) is 0 Å². The predicted octanol–water partition coefficient (Wildman–Crippen LogP) is 1.18. The molecule has 64 valence electrons. The molecule has 0 spiro atoms. The molecule has 0 radical (unpaired) electrons. The van der Waals surface area contributed by atoms with E-state index in [4.69, 9.17) is 5.11 Å². The lowest BCUT2D eigenvalue weighted by molar-refractivity contribution is -0.134. The predicted molar refractivity (Wildman–Crippen MR) is 53.1 cm³/mol. The van der Waals surface area contributed by atoms with E-state index in [1.54, 1.807) is 12.3 Å². The van der Waals surface area contributed by atoms with Gasteiger partial charge in [0.25, 0.3) is 0 Å². The standard InChI is InChI=1S/C7H7IN2O2/c8-5-1-2-9-6(3-5)10-4-7(11)12/h1-3H,4H2,(H,9,10)(H,11,12). The van der Waals surface area contributed by atoms with Gasteiger partial charge in [-0.15, -0.1) is 0 Å². The molecule has 4 nitrogen and oxygen atoms in total. The van der Waals surface area contributed by atoms with Crippen molar-refractivity contribution in [2.24, 2.45) is 0 Å². The summed E-state index contributed by atoms with van der Waals surface area (Å²) in [4.78, 5) is 14.1. The van der Waals surface area contributed by atoms with Crippen LogP contribution >= 0.6 is 22.6 Å². The number of nitrogens with zero attached hydrogens (tertiary/aromatic N) is 1. The van der Waals surface area contributed by atoms with Crippen molar-refractivity contribution in [3.8, 4) is 0 Å². The van der Waals surface area contributed by atoms with Crippen LogP contribution in [0.15, 0.2) is 18.3 Å². The zero-order chi connectivity index (χ0) is 8.97. The molecule has 0 amide bonds. The smallest absolute Gasteiger partial charge is 0.322 e. The lowest BCUT2D eigenvalue weighted by atomic mass is 10.4. The summed E-state index contributed by atoms with van der Waals surface area (Å²) in [6.45, 7) is -0.104. The monoisotopic (exact) mass is 278 g/mol. The van der Waals surface area contributed by atoms with Crippen LogP contribution in [0.25, 0.3) is 0 Å². The summed E-state index contributed by atoms with van der Waals surface area (Å²) in [6, 6.07) is 3.62. The average Bonchev–Trinajstić information content (AvgIpc) is 2.01. The second kappa shape index (κ2) is 4.24. The summed E-state index contributed by atoms with van der Waals surface area (Å²) in [5, 5.41) is 11.0. The fourth-order valence-electron chi connectivity index (χ4n) is 0.668. The van der Waals surface area contributed by atoms with Crippen LogP contribution in [0.5, 0.6) is 0 Å². The molecule has 0 atom stereocenters. The van der Waals surface area contributed by atoms with Crippen LogP contribution in [0.1, 0.15) is 0 Å². The third-order valence-corrected chi connectivity index (χ3v) is 1.81. The molecule has 0 fully saturated rings. The Morgan fingerprint density at radius 1 is 1.75 bits per heavy atom. The summed E-state index contributed by atoms with van der Waals surface area (Å²) in [5.41, 5.74) is 0. The SMILES string of the molecule is O=C(O)CNc1cc(I)ccn1. The lowest BCUT2D eigenvalue weighted by Gasteiger charge is -2.01. The van der Waals surface area contributed by atoms with Crippen LogP contribution in [-0.2, 0) is 4.79 Å². The van der Waals surface area contributed by atoms with Crippen molar-refractivity contribution in [1.82, 2.24) is 4.98 Å². The van der Waals surface area contributed by atoms with Crippen molar-refractivity contribution in [2.75, 3.05) is 11.9 Å². The number of anilines is 1. The van der Waals surface area contributed by atoms with Crippen LogP contribution < -0.4 is 5.32 Å². The van der Waals surface area contributed by atoms with Crippen molar-refractivity contribution in [3.05, 3.63) is 21.9 Å². The van der Waals surface area contributed by atoms with Gasteiger partial charge in [-0.2, -0.15) is 0 Å². The minimum atomic E-state index is -0.893. The van der Waals surface area contributed by atoms with E-state index in [0.717, 1.165) is 3.57 Å². The van der Waals surface area contributed by atoms with Gasteiger partial charge in [0.15, 0.2) is 0 Å². The van der Waals surface area contributed by atoms with Gasteiger partial charge in [0.2, 0.25) is 0 Å². The maximum atomic E-state index is 10.2. The third kappa shape index (κ3) is 3.04. The number of nitrogens with one attached hydrogen (secondary N) is 1. The summed E-state index contributed by atoms with van der Waals surface area (Å²) in [6.07, 6.45) is 1.63. The zero-order valence-corrected chi connectivity index (χ0v) is 8.28. The highest BCUT2D eigenvalue weighted by atomic mass is 127. The van der Waals surface area contributed by atoms with E-state index < -0.39 is 5.97 Å². The van der Waals surface area contributed by atoms with Gasteiger partial charge < -0.3 is 10.4 Å². The summed E-state index contributed by atoms with van der Waals surface area (Å²) < 4.78 is 1.02. The molecule has 1 aromatic heterocycles. The molecule has 0 aromatic carbocycles. The average molecular weight is 278 g/mol. The Morgan fingerprint density at radius 3 is 3.08 bits per heavy atom. The molecule has 1 heterocycles. The third-order valence-electron chi connectivity index (χ3n) is 1.14.